The quantitative estimate of drug-likeness (QED) is 0.651. The first-order chi connectivity index (χ1) is 15.4. The normalized spacial score (nSPS) is 18.5. The molecular weight excluding hydrogens is 452 g/mol. The number of morpholine rings is 1. The second-order valence-electron chi connectivity index (χ2n) is 7.45. The SMILES string of the molecule is Cc1cc(Sc2ncccn2)ccc1NC(=O)N1CCN(S(=O)(=O)N2CCOCC2)CC1. The van der Waals surface area contributed by atoms with Gasteiger partial charge >= 0.3 is 6.03 Å². The maximum atomic E-state index is 12.8. The van der Waals surface area contributed by atoms with E-state index >= 15 is 0 Å². The van der Waals surface area contributed by atoms with Crippen LogP contribution in [-0.4, -0.2) is 90.4 Å². The summed E-state index contributed by atoms with van der Waals surface area (Å²) >= 11 is 1.45. The van der Waals surface area contributed by atoms with Crippen molar-refractivity contribution < 1.29 is 17.9 Å². The third kappa shape index (κ3) is 5.38. The Morgan fingerprint density at radius 3 is 2.34 bits per heavy atom. The summed E-state index contributed by atoms with van der Waals surface area (Å²) in [7, 11) is -3.51. The van der Waals surface area contributed by atoms with Crippen LogP contribution in [0.3, 0.4) is 0 Å². The van der Waals surface area contributed by atoms with Gasteiger partial charge in [0.15, 0.2) is 5.16 Å². The first-order valence-electron chi connectivity index (χ1n) is 10.4. The number of hydrogen-bond donors (Lipinski definition) is 1. The largest absolute Gasteiger partial charge is 0.379 e. The van der Waals surface area contributed by atoms with Gasteiger partial charge in [0.1, 0.15) is 0 Å². The highest BCUT2D eigenvalue weighted by atomic mass is 32.2. The monoisotopic (exact) mass is 478 g/mol. The van der Waals surface area contributed by atoms with Crippen LogP contribution in [0.4, 0.5) is 10.5 Å². The van der Waals surface area contributed by atoms with Crippen molar-refractivity contribution >= 4 is 33.7 Å². The molecule has 2 fully saturated rings. The maximum Gasteiger partial charge on any atom is 0.321 e. The Morgan fingerprint density at radius 1 is 1.03 bits per heavy atom. The summed E-state index contributed by atoms with van der Waals surface area (Å²) in [5, 5.41) is 3.60. The number of amides is 2. The molecule has 2 amide bonds. The molecule has 0 atom stereocenters. The molecule has 172 valence electrons. The second kappa shape index (κ2) is 10.1. The van der Waals surface area contributed by atoms with E-state index in [4.69, 9.17) is 4.74 Å². The van der Waals surface area contributed by atoms with Crippen molar-refractivity contribution in [3.63, 3.8) is 0 Å². The number of rotatable bonds is 5. The van der Waals surface area contributed by atoms with Crippen LogP contribution in [0.25, 0.3) is 0 Å². The van der Waals surface area contributed by atoms with Gasteiger partial charge in [-0.1, -0.05) is 0 Å². The van der Waals surface area contributed by atoms with Gasteiger partial charge in [-0.2, -0.15) is 17.0 Å². The number of hydrogen-bond acceptors (Lipinski definition) is 7. The molecule has 2 aromatic rings. The van der Waals surface area contributed by atoms with Crippen molar-refractivity contribution in [2.45, 2.75) is 17.0 Å². The van der Waals surface area contributed by atoms with Gasteiger partial charge in [0.2, 0.25) is 0 Å². The number of ether oxygens (including phenoxy) is 1. The number of nitrogens with zero attached hydrogens (tertiary/aromatic N) is 5. The third-order valence-electron chi connectivity index (χ3n) is 5.34. The zero-order chi connectivity index (χ0) is 22.6. The molecule has 0 saturated carbocycles. The van der Waals surface area contributed by atoms with Crippen molar-refractivity contribution in [2.24, 2.45) is 0 Å². The lowest BCUT2D eigenvalue weighted by atomic mass is 10.2. The van der Waals surface area contributed by atoms with E-state index in [-0.39, 0.29) is 19.1 Å². The number of aryl methyl sites for hydroxylation is 1. The smallest absolute Gasteiger partial charge is 0.321 e. The minimum atomic E-state index is -3.51. The molecule has 4 rings (SSSR count). The molecule has 0 bridgehead atoms. The number of piperazine rings is 1. The van der Waals surface area contributed by atoms with E-state index < -0.39 is 10.2 Å². The highest BCUT2D eigenvalue weighted by Gasteiger charge is 2.34. The Hall–Kier alpha value is -2.25. The number of carbonyl (C=O) groups is 1. The Kier molecular flexibility index (Phi) is 7.26. The van der Waals surface area contributed by atoms with Crippen molar-refractivity contribution in [2.75, 3.05) is 57.8 Å². The summed E-state index contributed by atoms with van der Waals surface area (Å²) < 4.78 is 33.7. The van der Waals surface area contributed by atoms with Gasteiger partial charge in [0, 0.05) is 62.2 Å². The Balaban J connectivity index is 1.32. The molecule has 1 aromatic carbocycles. The van der Waals surface area contributed by atoms with E-state index in [9.17, 15) is 13.2 Å². The van der Waals surface area contributed by atoms with Crippen LogP contribution in [0, 0.1) is 6.92 Å². The predicted octanol–water partition coefficient (Wildman–Crippen LogP) is 1.66. The summed E-state index contributed by atoms with van der Waals surface area (Å²) in [6, 6.07) is 7.28. The minimum absolute atomic E-state index is 0.233. The van der Waals surface area contributed by atoms with Crippen LogP contribution in [-0.2, 0) is 14.9 Å². The van der Waals surface area contributed by atoms with E-state index in [0.717, 1.165) is 16.1 Å². The van der Waals surface area contributed by atoms with Crippen LogP contribution in [0.2, 0.25) is 0 Å². The fraction of sp³-hybridized carbons (Fsp3) is 0.450. The molecule has 0 radical (unpaired) electrons. The lowest BCUT2D eigenvalue weighted by molar-refractivity contribution is 0.0691. The molecule has 0 unspecified atom stereocenters. The Morgan fingerprint density at radius 2 is 1.69 bits per heavy atom. The van der Waals surface area contributed by atoms with E-state index in [1.807, 2.05) is 25.1 Å². The average molecular weight is 479 g/mol. The molecule has 0 aliphatic carbocycles. The van der Waals surface area contributed by atoms with Gasteiger partial charge < -0.3 is 15.0 Å². The average Bonchev–Trinajstić information content (AvgIpc) is 2.82. The standard InChI is InChI=1S/C20H26N6O4S2/c1-16-15-17(31-19-21-5-2-6-22-19)3-4-18(16)23-20(27)24-7-9-25(10-8-24)32(28,29)26-11-13-30-14-12-26/h2-6,15H,7-14H2,1H3,(H,23,27). The summed E-state index contributed by atoms with van der Waals surface area (Å²) in [5.41, 5.74) is 1.64. The number of carbonyl (C=O) groups excluding carboxylic acids is 1. The van der Waals surface area contributed by atoms with Crippen LogP contribution in [0.1, 0.15) is 5.56 Å². The van der Waals surface area contributed by atoms with E-state index in [1.165, 1.54) is 20.4 Å². The second-order valence-corrected chi connectivity index (χ2v) is 10.4. The van der Waals surface area contributed by atoms with E-state index in [2.05, 4.69) is 15.3 Å². The van der Waals surface area contributed by atoms with Gasteiger partial charge in [-0.25, -0.2) is 14.8 Å². The summed E-state index contributed by atoms with van der Waals surface area (Å²) in [6.07, 6.45) is 3.39. The zero-order valence-electron chi connectivity index (χ0n) is 17.8. The lowest BCUT2D eigenvalue weighted by Crippen LogP contribution is -2.56. The molecule has 2 aliphatic rings. The van der Waals surface area contributed by atoms with Gasteiger partial charge in [-0.15, -0.1) is 0 Å². The summed E-state index contributed by atoms with van der Waals surface area (Å²) in [4.78, 5) is 23.8. The molecule has 10 nitrogen and oxygen atoms in total. The number of urea groups is 1. The lowest BCUT2D eigenvalue weighted by Gasteiger charge is -2.37. The molecular formula is C20H26N6O4S2. The topological polar surface area (TPSA) is 108 Å². The Bertz CT molecular complexity index is 1040. The van der Waals surface area contributed by atoms with Crippen molar-refractivity contribution in [1.29, 1.82) is 0 Å². The summed E-state index contributed by atoms with van der Waals surface area (Å²) in [5.74, 6) is 0. The molecule has 32 heavy (non-hydrogen) atoms. The van der Waals surface area contributed by atoms with Crippen molar-refractivity contribution in [3.8, 4) is 0 Å². The van der Waals surface area contributed by atoms with Crippen LogP contribution in [0.15, 0.2) is 46.7 Å². The number of aromatic nitrogens is 2. The molecule has 1 aromatic heterocycles. The highest BCUT2D eigenvalue weighted by molar-refractivity contribution is 7.99. The van der Waals surface area contributed by atoms with Crippen LogP contribution in [0.5, 0.6) is 0 Å². The van der Waals surface area contributed by atoms with Crippen molar-refractivity contribution in [1.82, 2.24) is 23.5 Å². The first kappa shape index (κ1) is 22.9. The van der Waals surface area contributed by atoms with Gasteiger partial charge in [-0.05, 0) is 48.5 Å². The van der Waals surface area contributed by atoms with Crippen molar-refractivity contribution in [3.05, 3.63) is 42.2 Å². The zero-order valence-corrected chi connectivity index (χ0v) is 19.4. The number of benzene rings is 1. The van der Waals surface area contributed by atoms with Crippen LogP contribution >= 0.6 is 11.8 Å². The van der Waals surface area contributed by atoms with Gasteiger partial charge in [0.05, 0.1) is 13.2 Å². The molecule has 1 N–H and O–H groups in total. The number of anilines is 1. The molecule has 0 spiro atoms. The fourth-order valence-electron chi connectivity index (χ4n) is 3.54. The predicted molar refractivity (Wildman–Crippen MR) is 121 cm³/mol. The first-order valence-corrected chi connectivity index (χ1v) is 12.6. The Labute approximate surface area is 192 Å². The molecule has 2 saturated heterocycles. The van der Waals surface area contributed by atoms with Crippen LogP contribution < -0.4 is 5.32 Å². The molecule has 12 heteroatoms. The van der Waals surface area contributed by atoms with Gasteiger partial charge in [-0.3, -0.25) is 0 Å². The maximum absolute atomic E-state index is 12.8. The van der Waals surface area contributed by atoms with E-state index in [1.54, 1.807) is 23.4 Å². The molecule has 2 aliphatic heterocycles. The summed E-state index contributed by atoms with van der Waals surface area (Å²) in [6.45, 7) is 4.73. The van der Waals surface area contributed by atoms with E-state index in [0.29, 0.717) is 44.5 Å². The van der Waals surface area contributed by atoms with Gasteiger partial charge in [0.25, 0.3) is 10.2 Å². The molecule has 3 heterocycles. The third-order valence-corrected chi connectivity index (χ3v) is 8.26. The minimum Gasteiger partial charge on any atom is -0.379 e. The number of nitrogens with one attached hydrogen (secondary N) is 1. The fourth-order valence-corrected chi connectivity index (χ4v) is 5.91. The highest BCUT2D eigenvalue weighted by Crippen LogP contribution is 2.28.